The largest absolute Gasteiger partial charge is 0.369 e. The summed E-state index contributed by atoms with van der Waals surface area (Å²) in [6, 6.07) is 2.36. The molecule has 0 aromatic heterocycles. The van der Waals surface area contributed by atoms with Crippen molar-refractivity contribution in [1.29, 1.82) is 5.26 Å². The topological polar surface area (TPSA) is 70.1 Å². The van der Waals surface area contributed by atoms with Gasteiger partial charge in [0, 0.05) is 12.5 Å². The van der Waals surface area contributed by atoms with Gasteiger partial charge >= 0.3 is 0 Å². The number of nitrogens with two attached hydrogens (primary N) is 1. The zero-order valence-electron chi connectivity index (χ0n) is 9.49. The lowest BCUT2D eigenvalue weighted by Crippen LogP contribution is -2.42. The maximum atomic E-state index is 10.9. The highest BCUT2D eigenvalue weighted by Gasteiger charge is 2.30. The van der Waals surface area contributed by atoms with Crippen molar-refractivity contribution < 1.29 is 4.79 Å². The predicted octanol–water partition coefficient (Wildman–Crippen LogP) is 0.733. The van der Waals surface area contributed by atoms with Crippen LogP contribution in [0.3, 0.4) is 0 Å². The highest BCUT2D eigenvalue weighted by Crippen LogP contribution is 2.29. The Morgan fingerprint density at radius 1 is 1.60 bits per heavy atom. The molecule has 0 saturated carbocycles. The van der Waals surface area contributed by atoms with Gasteiger partial charge in [-0.3, -0.25) is 4.79 Å². The fraction of sp³-hybridized carbons (Fsp3) is 0.818. The molecule has 1 aliphatic rings. The van der Waals surface area contributed by atoms with Crippen LogP contribution in [0, 0.1) is 22.7 Å². The first-order valence-corrected chi connectivity index (χ1v) is 5.40. The number of hydrogen-bond donors (Lipinski definition) is 1. The Morgan fingerprint density at radius 2 is 2.13 bits per heavy atom. The molecule has 1 heterocycles. The van der Waals surface area contributed by atoms with Gasteiger partial charge in [-0.2, -0.15) is 5.26 Å². The summed E-state index contributed by atoms with van der Waals surface area (Å²) in [7, 11) is 0. The number of carbonyl (C=O) groups is 1. The third kappa shape index (κ3) is 3.21. The minimum atomic E-state index is -0.247. The van der Waals surface area contributed by atoms with E-state index in [0.717, 1.165) is 32.5 Å². The molecule has 1 fully saturated rings. The van der Waals surface area contributed by atoms with E-state index in [0.29, 0.717) is 0 Å². The molecule has 0 aromatic carbocycles. The zero-order chi connectivity index (χ0) is 11.5. The summed E-state index contributed by atoms with van der Waals surface area (Å²) in [4.78, 5) is 13.1. The van der Waals surface area contributed by atoms with Crippen LogP contribution in [0.15, 0.2) is 0 Å². The molecule has 2 N–H and O–H groups in total. The molecule has 84 valence electrons. The van der Waals surface area contributed by atoms with Crippen molar-refractivity contribution in [3.63, 3.8) is 0 Å². The smallest absolute Gasteiger partial charge is 0.221 e. The fourth-order valence-electron chi connectivity index (χ4n) is 1.82. The molecule has 0 radical (unpaired) electrons. The predicted molar refractivity (Wildman–Crippen MR) is 57.8 cm³/mol. The number of likely N-dealkylation sites (tertiary alicyclic amines) is 1. The minimum absolute atomic E-state index is 0.101. The number of piperidine rings is 1. The molecule has 0 aromatic rings. The molecular formula is C11H19N3O. The van der Waals surface area contributed by atoms with E-state index in [1.54, 1.807) is 0 Å². The fourth-order valence-corrected chi connectivity index (χ4v) is 1.82. The van der Waals surface area contributed by atoms with E-state index in [1.165, 1.54) is 0 Å². The van der Waals surface area contributed by atoms with Crippen LogP contribution in [-0.2, 0) is 4.79 Å². The molecule has 4 nitrogen and oxygen atoms in total. The molecule has 1 rings (SSSR count). The average Bonchev–Trinajstić information content (AvgIpc) is 2.21. The molecule has 15 heavy (non-hydrogen) atoms. The van der Waals surface area contributed by atoms with Crippen LogP contribution in [0.25, 0.3) is 0 Å². The van der Waals surface area contributed by atoms with Gasteiger partial charge in [0.05, 0.1) is 11.5 Å². The second-order valence-electron chi connectivity index (χ2n) is 4.78. The molecule has 1 unspecified atom stereocenters. The number of nitrogens with zero attached hydrogens (tertiary/aromatic N) is 2. The Balaban J connectivity index is 2.39. The normalized spacial score (nSPS) is 23.0. The molecule has 1 aliphatic heterocycles. The maximum Gasteiger partial charge on any atom is 0.221 e. The number of primary amides is 1. The van der Waals surface area contributed by atoms with Gasteiger partial charge in [0.15, 0.2) is 0 Å². The van der Waals surface area contributed by atoms with Crippen molar-refractivity contribution in [3.05, 3.63) is 0 Å². The lowest BCUT2D eigenvalue weighted by molar-refractivity contribution is -0.122. The summed E-state index contributed by atoms with van der Waals surface area (Å²) in [6.07, 6.45) is 1.77. The van der Waals surface area contributed by atoms with E-state index in [4.69, 9.17) is 11.0 Å². The van der Waals surface area contributed by atoms with Crippen LogP contribution < -0.4 is 5.73 Å². The average molecular weight is 209 g/mol. The van der Waals surface area contributed by atoms with Crippen LogP contribution >= 0.6 is 0 Å². The number of hydrogen-bond acceptors (Lipinski definition) is 3. The van der Waals surface area contributed by atoms with Crippen molar-refractivity contribution in [1.82, 2.24) is 4.90 Å². The van der Waals surface area contributed by atoms with Gasteiger partial charge in [-0.15, -0.1) is 0 Å². The van der Waals surface area contributed by atoms with Gasteiger partial charge in [-0.25, -0.2) is 0 Å². The Hall–Kier alpha value is -1.08. The first-order chi connectivity index (χ1) is 6.97. The van der Waals surface area contributed by atoms with Crippen LogP contribution in [0.1, 0.15) is 26.7 Å². The Kier molecular flexibility index (Phi) is 3.70. The van der Waals surface area contributed by atoms with E-state index >= 15 is 0 Å². The molecule has 1 amide bonds. The molecule has 1 atom stereocenters. The van der Waals surface area contributed by atoms with Crippen molar-refractivity contribution in [2.75, 3.05) is 19.6 Å². The highest BCUT2D eigenvalue weighted by atomic mass is 16.1. The SMILES string of the molecule is CC(CN1CCC(C)(C#N)CC1)C(N)=O. The summed E-state index contributed by atoms with van der Waals surface area (Å²) >= 11 is 0. The van der Waals surface area contributed by atoms with E-state index in [1.807, 2.05) is 13.8 Å². The third-order valence-corrected chi connectivity index (χ3v) is 3.25. The molecule has 4 heteroatoms. The quantitative estimate of drug-likeness (QED) is 0.745. The maximum absolute atomic E-state index is 10.9. The molecule has 0 spiro atoms. The highest BCUT2D eigenvalue weighted by molar-refractivity contribution is 5.76. The van der Waals surface area contributed by atoms with Crippen LogP contribution in [0.2, 0.25) is 0 Å². The third-order valence-electron chi connectivity index (χ3n) is 3.25. The Bertz CT molecular complexity index is 274. The van der Waals surface area contributed by atoms with E-state index < -0.39 is 0 Å². The van der Waals surface area contributed by atoms with E-state index in [9.17, 15) is 4.79 Å². The molecule has 0 bridgehead atoms. The molecule has 0 aliphatic carbocycles. The van der Waals surface area contributed by atoms with Gasteiger partial charge in [0.1, 0.15) is 0 Å². The monoisotopic (exact) mass is 209 g/mol. The van der Waals surface area contributed by atoms with Crippen molar-refractivity contribution in [2.45, 2.75) is 26.7 Å². The summed E-state index contributed by atoms with van der Waals surface area (Å²) in [5.74, 6) is -0.347. The van der Waals surface area contributed by atoms with Crippen LogP contribution in [0.4, 0.5) is 0 Å². The summed E-state index contributed by atoms with van der Waals surface area (Å²) < 4.78 is 0. The van der Waals surface area contributed by atoms with Gasteiger partial charge in [-0.1, -0.05) is 6.92 Å². The van der Waals surface area contributed by atoms with Crippen molar-refractivity contribution in [2.24, 2.45) is 17.1 Å². The minimum Gasteiger partial charge on any atom is -0.369 e. The van der Waals surface area contributed by atoms with Crippen LogP contribution in [0.5, 0.6) is 0 Å². The lowest BCUT2D eigenvalue weighted by Gasteiger charge is -2.35. The standard InChI is InChI=1S/C11H19N3O/c1-9(10(13)15)7-14-5-3-11(2,8-12)4-6-14/h9H,3-7H2,1-2H3,(H2,13,15). The number of rotatable bonds is 3. The summed E-state index contributed by atoms with van der Waals surface area (Å²) in [5.41, 5.74) is 5.04. The molecule has 1 saturated heterocycles. The summed E-state index contributed by atoms with van der Waals surface area (Å²) in [5, 5.41) is 8.96. The van der Waals surface area contributed by atoms with Gasteiger partial charge in [0.25, 0.3) is 0 Å². The first kappa shape index (κ1) is 12.0. The number of carbonyl (C=O) groups excluding carboxylic acids is 1. The zero-order valence-corrected chi connectivity index (χ0v) is 9.49. The van der Waals surface area contributed by atoms with Gasteiger partial charge < -0.3 is 10.6 Å². The van der Waals surface area contributed by atoms with Crippen LogP contribution in [-0.4, -0.2) is 30.4 Å². The number of nitriles is 1. The number of amides is 1. The lowest BCUT2D eigenvalue weighted by atomic mass is 9.82. The van der Waals surface area contributed by atoms with E-state index in [2.05, 4.69) is 11.0 Å². The molecular weight excluding hydrogens is 190 g/mol. The van der Waals surface area contributed by atoms with Gasteiger partial charge in [-0.05, 0) is 32.9 Å². The second kappa shape index (κ2) is 4.63. The second-order valence-corrected chi connectivity index (χ2v) is 4.78. The van der Waals surface area contributed by atoms with Gasteiger partial charge in [0.2, 0.25) is 5.91 Å². The first-order valence-electron chi connectivity index (χ1n) is 5.40. The summed E-state index contributed by atoms with van der Waals surface area (Å²) in [6.45, 7) is 6.35. The van der Waals surface area contributed by atoms with Crippen molar-refractivity contribution >= 4 is 5.91 Å². The van der Waals surface area contributed by atoms with E-state index in [-0.39, 0.29) is 17.2 Å². The Labute approximate surface area is 91.0 Å². The van der Waals surface area contributed by atoms with Crippen molar-refractivity contribution in [3.8, 4) is 6.07 Å². The Morgan fingerprint density at radius 3 is 2.53 bits per heavy atom.